The van der Waals surface area contributed by atoms with E-state index in [0.29, 0.717) is 12.3 Å². The highest BCUT2D eigenvalue weighted by Gasteiger charge is 2.35. The zero-order chi connectivity index (χ0) is 14.8. The van der Waals surface area contributed by atoms with Gasteiger partial charge in [-0.15, -0.1) is 0 Å². The van der Waals surface area contributed by atoms with E-state index in [0.717, 1.165) is 36.2 Å². The summed E-state index contributed by atoms with van der Waals surface area (Å²) in [4.78, 5) is 12.3. The fourth-order valence-electron chi connectivity index (χ4n) is 3.29. The Bertz CT molecular complexity index is 464. The highest BCUT2D eigenvalue weighted by molar-refractivity contribution is 5.79. The quantitative estimate of drug-likeness (QED) is 0.784. The van der Waals surface area contributed by atoms with Crippen molar-refractivity contribution in [2.75, 3.05) is 6.61 Å². The van der Waals surface area contributed by atoms with Gasteiger partial charge in [0.25, 0.3) is 0 Å². The highest BCUT2D eigenvalue weighted by atomic mass is 16.3. The third kappa shape index (κ3) is 3.20. The van der Waals surface area contributed by atoms with E-state index in [-0.39, 0.29) is 12.5 Å². The van der Waals surface area contributed by atoms with Crippen molar-refractivity contribution in [3.8, 4) is 0 Å². The Morgan fingerprint density at radius 1 is 1.55 bits per heavy atom. The Morgan fingerprint density at radius 2 is 2.30 bits per heavy atom. The minimum Gasteiger partial charge on any atom is -0.394 e. The molecule has 1 saturated carbocycles. The molecule has 0 spiro atoms. The van der Waals surface area contributed by atoms with Crippen LogP contribution in [0.25, 0.3) is 0 Å². The number of carbonyl (C=O) groups excluding carboxylic acids is 1. The van der Waals surface area contributed by atoms with Crippen LogP contribution in [0, 0.1) is 19.8 Å². The molecule has 2 unspecified atom stereocenters. The lowest BCUT2D eigenvalue weighted by Gasteiger charge is -2.39. The van der Waals surface area contributed by atoms with Crippen molar-refractivity contribution in [3.63, 3.8) is 0 Å². The Labute approximate surface area is 120 Å². The molecule has 0 aromatic carbocycles. The maximum atomic E-state index is 12.3. The Kier molecular flexibility index (Phi) is 4.48. The highest BCUT2D eigenvalue weighted by Crippen LogP contribution is 2.32. The maximum absolute atomic E-state index is 12.3. The first kappa shape index (κ1) is 15.0. The molecule has 5 nitrogen and oxygen atoms in total. The molecule has 1 heterocycles. The second-order valence-corrected chi connectivity index (χ2v) is 6.28. The van der Waals surface area contributed by atoms with Gasteiger partial charge in [-0.05, 0) is 32.6 Å². The van der Waals surface area contributed by atoms with Crippen LogP contribution in [0.1, 0.15) is 49.6 Å². The summed E-state index contributed by atoms with van der Waals surface area (Å²) < 4.78 is 0. The third-order valence-electron chi connectivity index (χ3n) is 4.42. The van der Waals surface area contributed by atoms with Gasteiger partial charge in [0.1, 0.15) is 0 Å². The number of amides is 1. The van der Waals surface area contributed by atoms with Crippen LogP contribution in [0.3, 0.4) is 0 Å². The number of nitrogens with zero attached hydrogens (tertiary/aromatic N) is 1. The number of rotatable bonds is 4. The van der Waals surface area contributed by atoms with Crippen molar-refractivity contribution in [2.45, 2.75) is 58.4 Å². The standard InChI is InChI=1S/C15H25N3O2/c1-10-5-4-6-15(8-10,9-19)16-14(20)7-13-11(2)17-18-12(13)3/h10,19H,4-9H2,1-3H3,(H,16,20)(H,17,18). The summed E-state index contributed by atoms with van der Waals surface area (Å²) in [6, 6.07) is 0. The molecule has 1 aromatic heterocycles. The molecule has 2 rings (SSSR count). The SMILES string of the molecule is Cc1n[nH]c(C)c1CC(=O)NC1(CO)CCCC(C)C1. The largest absolute Gasteiger partial charge is 0.394 e. The third-order valence-corrected chi connectivity index (χ3v) is 4.42. The molecule has 1 aliphatic carbocycles. The number of aromatic amines is 1. The number of H-pyrrole nitrogens is 1. The van der Waals surface area contributed by atoms with Crippen LogP contribution in [0.4, 0.5) is 0 Å². The van der Waals surface area contributed by atoms with Gasteiger partial charge in [0.05, 0.1) is 24.3 Å². The molecule has 1 aliphatic rings. The summed E-state index contributed by atoms with van der Waals surface area (Å²) in [6.07, 6.45) is 4.29. The number of carbonyl (C=O) groups is 1. The number of aryl methyl sites for hydroxylation is 2. The van der Waals surface area contributed by atoms with E-state index >= 15 is 0 Å². The molecular formula is C15H25N3O2. The second-order valence-electron chi connectivity index (χ2n) is 6.28. The van der Waals surface area contributed by atoms with Crippen LogP contribution in [0.15, 0.2) is 0 Å². The first-order chi connectivity index (χ1) is 9.46. The van der Waals surface area contributed by atoms with Gasteiger partial charge in [0.15, 0.2) is 0 Å². The predicted molar refractivity (Wildman–Crippen MR) is 77.4 cm³/mol. The Morgan fingerprint density at radius 3 is 2.85 bits per heavy atom. The molecule has 112 valence electrons. The zero-order valence-electron chi connectivity index (χ0n) is 12.6. The molecular weight excluding hydrogens is 254 g/mol. The molecule has 2 atom stereocenters. The summed E-state index contributed by atoms with van der Waals surface area (Å²) in [7, 11) is 0. The summed E-state index contributed by atoms with van der Waals surface area (Å²) in [6.45, 7) is 6.02. The maximum Gasteiger partial charge on any atom is 0.225 e. The Hall–Kier alpha value is -1.36. The molecule has 0 aliphatic heterocycles. The molecule has 1 aromatic rings. The first-order valence-electron chi connectivity index (χ1n) is 7.38. The van der Waals surface area contributed by atoms with Gasteiger partial charge >= 0.3 is 0 Å². The van der Waals surface area contributed by atoms with Gasteiger partial charge in [-0.1, -0.05) is 19.8 Å². The number of aliphatic hydroxyl groups excluding tert-OH is 1. The van der Waals surface area contributed by atoms with E-state index in [1.807, 2.05) is 13.8 Å². The monoisotopic (exact) mass is 279 g/mol. The van der Waals surface area contributed by atoms with Crippen LogP contribution < -0.4 is 5.32 Å². The predicted octanol–water partition coefficient (Wildman–Crippen LogP) is 1.63. The lowest BCUT2D eigenvalue weighted by atomic mass is 9.76. The minimum absolute atomic E-state index is 0.0203. The molecule has 0 bridgehead atoms. The summed E-state index contributed by atoms with van der Waals surface area (Å²) >= 11 is 0. The molecule has 1 fully saturated rings. The molecule has 5 heteroatoms. The van der Waals surface area contributed by atoms with Crippen molar-refractivity contribution in [2.24, 2.45) is 5.92 Å². The number of nitrogens with one attached hydrogen (secondary N) is 2. The normalized spacial score (nSPS) is 26.5. The molecule has 20 heavy (non-hydrogen) atoms. The fraction of sp³-hybridized carbons (Fsp3) is 0.733. The van der Waals surface area contributed by atoms with Crippen molar-refractivity contribution in [1.29, 1.82) is 0 Å². The van der Waals surface area contributed by atoms with E-state index in [2.05, 4.69) is 22.4 Å². The van der Waals surface area contributed by atoms with Crippen LogP contribution >= 0.6 is 0 Å². The molecule has 0 saturated heterocycles. The van der Waals surface area contributed by atoms with Crippen LogP contribution in [-0.4, -0.2) is 33.4 Å². The Balaban J connectivity index is 2.03. The van der Waals surface area contributed by atoms with E-state index in [9.17, 15) is 9.90 Å². The average molecular weight is 279 g/mol. The van der Waals surface area contributed by atoms with Gasteiger partial charge in [0, 0.05) is 11.3 Å². The topological polar surface area (TPSA) is 78.0 Å². The van der Waals surface area contributed by atoms with Crippen molar-refractivity contribution < 1.29 is 9.90 Å². The van der Waals surface area contributed by atoms with Crippen molar-refractivity contribution in [1.82, 2.24) is 15.5 Å². The summed E-state index contributed by atoms with van der Waals surface area (Å²) in [5, 5.41) is 19.8. The minimum atomic E-state index is -0.430. The lowest BCUT2D eigenvalue weighted by molar-refractivity contribution is -0.123. The van der Waals surface area contributed by atoms with Gasteiger partial charge in [-0.25, -0.2) is 0 Å². The van der Waals surface area contributed by atoms with E-state index in [1.54, 1.807) is 0 Å². The molecule has 1 amide bonds. The van der Waals surface area contributed by atoms with Gasteiger partial charge in [-0.3, -0.25) is 9.89 Å². The zero-order valence-corrected chi connectivity index (χ0v) is 12.6. The van der Waals surface area contributed by atoms with Gasteiger partial charge in [-0.2, -0.15) is 5.10 Å². The summed E-state index contributed by atoms with van der Waals surface area (Å²) in [5.74, 6) is 0.523. The van der Waals surface area contributed by atoms with E-state index < -0.39 is 5.54 Å². The number of aromatic nitrogens is 2. The molecule has 3 N–H and O–H groups in total. The smallest absolute Gasteiger partial charge is 0.225 e. The number of hydrogen-bond acceptors (Lipinski definition) is 3. The average Bonchev–Trinajstić information content (AvgIpc) is 2.70. The van der Waals surface area contributed by atoms with Gasteiger partial charge in [0.2, 0.25) is 5.91 Å². The van der Waals surface area contributed by atoms with Crippen LogP contribution in [0.2, 0.25) is 0 Å². The lowest BCUT2D eigenvalue weighted by Crippen LogP contribution is -2.54. The van der Waals surface area contributed by atoms with Crippen molar-refractivity contribution >= 4 is 5.91 Å². The number of aliphatic hydroxyl groups is 1. The van der Waals surface area contributed by atoms with Gasteiger partial charge < -0.3 is 10.4 Å². The first-order valence-corrected chi connectivity index (χ1v) is 7.38. The van der Waals surface area contributed by atoms with E-state index in [4.69, 9.17) is 0 Å². The fourth-order valence-corrected chi connectivity index (χ4v) is 3.29. The summed E-state index contributed by atoms with van der Waals surface area (Å²) in [5.41, 5.74) is 2.33. The second kappa shape index (κ2) is 5.95. The van der Waals surface area contributed by atoms with E-state index in [1.165, 1.54) is 6.42 Å². The number of hydrogen-bond donors (Lipinski definition) is 3. The molecule has 0 radical (unpaired) electrons. The van der Waals surface area contributed by atoms with Crippen molar-refractivity contribution in [3.05, 3.63) is 17.0 Å². The van der Waals surface area contributed by atoms with Crippen LogP contribution in [0.5, 0.6) is 0 Å². The van der Waals surface area contributed by atoms with Crippen LogP contribution in [-0.2, 0) is 11.2 Å².